The number of nitrogens with zero attached hydrogens (tertiary/aromatic N) is 3. The van der Waals surface area contributed by atoms with E-state index in [4.69, 9.17) is 0 Å². The van der Waals surface area contributed by atoms with Crippen molar-refractivity contribution in [3.63, 3.8) is 0 Å². The van der Waals surface area contributed by atoms with Crippen LogP contribution in [0.3, 0.4) is 0 Å². The number of thioether (sulfide) groups is 1. The maximum atomic E-state index is 4.66. The summed E-state index contributed by atoms with van der Waals surface area (Å²) in [5, 5.41) is 7.75. The van der Waals surface area contributed by atoms with Crippen LogP contribution in [0.1, 0.15) is 11.1 Å². The lowest BCUT2D eigenvalue weighted by Crippen LogP contribution is -1.91. The van der Waals surface area contributed by atoms with Gasteiger partial charge in [0, 0.05) is 18.1 Å². The molecule has 0 atom stereocenters. The third-order valence-electron chi connectivity index (χ3n) is 3.59. The minimum atomic E-state index is 0.911. The average molecular weight is 337 g/mol. The van der Waals surface area contributed by atoms with Crippen LogP contribution >= 0.6 is 23.1 Å². The minimum Gasteiger partial charge on any atom is -0.246 e. The third-order valence-corrected chi connectivity index (χ3v) is 5.54. The highest BCUT2D eigenvalue weighted by Crippen LogP contribution is 2.29. The molecule has 1 aromatic carbocycles. The van der Waals surface area contributed by atoms with Crippen molar-refractivity contribution in [1.82, 2.24) is 14.6 Å². The van der Waals surface area contributed by atoms with Gasteiger partial charge in [0.2, 0.25) is 0 Å². The first-order chi connectivity index (χ1) is 11.3. The molecule has 0 spiro atoms. The highest BCUT2D eigenvalue weighted by Gasteiger charge is 2.10. The summed E-state index contributed by atoms with van der Waals surface area (Å²) in [4.78, 5) is 5.73. The molecule has 3 heterocycles. The Hall–Kier alpha value is -2.11. The second-order valence-corrected chi connectivity index (χ2v) is 7.26. The zero-order chi connectivity index (χ0) is 15.6. The smallest absolute Gasteiger partial charge is 0.122 e. The van der Waals surface area contributed by atoms with Crippen LogP contribution in [0, 0.1) is 6.92 Å². The van der Waals surface area contributed by atoms with Crippen LogP contribution in [0.4, 0.5) is 0 Å². The minimum absolute atomic E-state index is 0.911. The van der Waals surface area contributed by atoms with Gasteiger partial charge in [-0.15, -0.1) is 11.3 Å². The summed E-state index contributed by atoms with van der Waals surface area (Å²) in [5.74, 6) is 0.911. The Morgan fingerprint density at radius 2 is 2.13 bits per heavy atom. The van der Waals surface area contributed by atoms with Gasteiger partial charge in [0.15, 0.2) is 0 Å². The summed E-state index contributed by atoms with van der Waals surface area (Å²) >= 11 is 3.46. The van der Waals surface area contributed by atoms with Crippen molar-refractivity contribution in [2.45, 2.75) is 17.7 Å². The Bertz CT molecular complexity index is 942. The Morgan fingerprint density at radius 3 is 2.96 bits per heavy atom. The highest BCUT2D eigenvalue weighted by atomic mass is 32.2. The van der Waals surface area contributed by atoms with Crippen molar-refractivity contribution in [1.29, 1.82) is 0 Å². The number of hydrogen-bond donors (Lipinski definition) is 0. The summed E-state index contributed by atoms with van der Waals surface area (Å²) in [6, 6.07) is 14.9. The van der Waals surface area contributed by atoms with E-state index in [1.165, 1.54) is 16.0 Å². The molecule has 0 saturated carbocycles. The van der Waals surface area contributed by atoms with Crippen molar-refractivity contribution >= 4 is 28.6 Å². The highest BCUT2D eigenvalue weighted by molar-refractivity contribution is 7.98. The van der Waals surface area contributed by atoms with Crippen molar-refractivity contribution < 1.29 is 0 Å². The van der Waals surface area contributed by atoms with E-state index in [1.807, 2.05) is 16.9 Å². The molecule has 0 radical (unpaired) electrons. The fraction of sp³-hybridized carbons (Fsp3) is 0.111. The van der Waals surface area contributed by atoms with Gasteiger partial charge in [-0.05, 0) is 30.0 Å². The van der Waals surface area contributed by atoms with Gasteiger partial charge in [0.05, 0.1) is 10.4 Å². The maximum absolute atomic E-state index is 4.66. The SMILES string of the molecule is Cc1cccc(CSc2nccn3nc(-c4cccs4)cc23)c1. The molecular weight excluding hydrogens is 322 g/mol. The second kappa shape index (κ2) is 6.18. The average Bonchev–Trinajstić information content (AvgIpc) is 3.21. The number of aromatic nitrogens is 3. The van der Waals surface area contributed by atoms with E-state index < -0.39 is 0 Å². The standard InChI is InChI=1S/C18H15N3S2/c1-13-4-2-5-14(10-13)12-23-18-16-11-15(17-6-3-9-22-17)20-21(16)8-7-19-18/h2-11H,12H2,1H3. The lowest BCUT2D eigenvalue weighted by Gasteiger charge is -2.04. The van der Waals surface area contributed by atoms with E-state index >= 15 is 0 Å². The van der Waals surface area contributed by atoms with E-state index in [1.54, 1.807) is 23.1 Å². The molecule has 0 N–H and O–H groups in total. The van der Waals surface area contributed by atoms with Gasteiger partial charge in [-0.1, -0.05) is 47.7 Å². The van der Waals surface area contributed by atoms with Gasteiger partial charge in [-0.2, -0.15) is 5.10 Å². The summed E-state index contributed by atoms with van der Waals surface area (Å²) in [6.45, 7) is 2.12. The normalized spacial score (nSPS) is 11.2. The van der Waals surface area contributed by atoms with E-state index in [0.717, 1.165) is 22.0 Å². The fourth-order valence-electron chi connectivity index (χ4n) is 2.51. The van der Waals surface area contributed by atoms with Crippen LogP contribution in [0.15, 0.2) is 65.3 Å². The maximum Gasteiger partial charge on any atom is 0.122 e. The summed E-state index contributed by atoms with van der Waals surface area (Å²) in [7, 11) is 0. The lowest BCUT2D eigenvalue weighted by molar-refractivity contribution is 0.921. The molecule has 23 heavy (non-hydrogen) atoms. The van der Waals surface area contributed by atoms with E-state index in [2.05, 4.69) is 64.9 Å². The molecule has 0 aliphatic heterocycles. The number of thiophene rings is 1. The van der Waals surface area contributed by atoms with Crippen LogP contribution in [-0.4, -0.2) is 14.6 Å². The van der Waals surface area contributed by atoms with Crippen molar-refractivity contribution in [2.75, 3.05) is 0 Å². The van der Waals surface area contributed by atoms with Crippen LogP contribution in [0.5, 0.6) is 0 Å². The summed E-state index contributed by atoms with van der Waals surface area (Å²) < 4.78 is 1.92. The topological polar surface area (TPSA) is 30.2 Å². The molecule has 0 amide bonds. The molecular formula is C18H15N3S2. The molecule has 0 aliphatic carbocycles. The predicted molar refractivity (Wildman–Crippen MR) is 97.0 cm³/mol. The van der Waals surface area contributed by atoms with Gasteiger partial charge in [0.25, 0.3) is 0 Å². The number of aryl methyl sites for hydroxylation is 1. The molecule has 0 saturated heterocycles. The third kappa shape index (κ3) is 3.02. The van der Waals surface area contributed by atoms with Gasteiger partial charge >= 0.3 is 0 Å². The van der Waals surface area contributed by atoms with E-state index in [9.17, 15) is 0 Å². The number of rotatable bonds is 4. The van der Waals surface area contributed by atoms with Crippen molar-refractivity contribution in [3.05, 3.63) is 71.4 Å². The molecule has 0 bridgehead atoms. The first kappa shape index (κ1) is 14.5. The first-order valence-electron chi connectivity index (χ1n) is 7.36. The molecule has 4 aromatic rings. The Balaban J connectivity index is 1.64. The van der Waals surface area contributed by atoms with Crippen LogP contribution in [0.2, 0.25) is 0 Å². The lowest BCUT2D eigenvalue weighted by atomic mass is 10.2. The first-order valence-corrected chi connectivity index (χ1v) is 9.23. The van der Waals surface area contributed by atoms with Gasteiger partial charge in [0.1, 0.15) is 10.7 Å². The van der Waals surface area contributed by atoms with Crippen LogP contribution in [-0.2, 0) is 5.75 Å². The van der Waals surface area contributed by atoms with E-state index in [0.29, 0.717) is 0 Å². The summed E-state index contributed by atoms with van der Waals surface area (Å²) in [6.07, 6.45) is 3.72. The number of fused-ring (bicyclic) bond motifs is 1. The zero-order valence-electron chi connectivity index (χ0n) is 12.6. The predicted octanol–water partition coefficient (Wildman–Crippen LogP) is 5.06. The fourth-order valence-corrected chi connectivity index (χ4v) is 4.11. The second-order valence-electron chi connectivity index (χ2n) is 5.35. The molecule has 0 fully saturated rings. The molecule has 114 valence electrons. The molecule has 4 rings (SSSR count). The number of hydrogen-bond acceptors (Lipinski definition) is 4. The Kier molecular flexibility index (Phi) is 3.89. The molecule has 3 nitrogen and oxygen atoms in total. The van der Waals surface area contributed by atoms with Crippen LogP contribution < -0.4 is 0 Å². The Morgan fingerprint density at radius 1 is 1.17 bits per heavy atom. The number of benzene rings is 1. The van der Waals surface area contributed by atoms with Crippen molar-refractivity contribution in [2.24, 2.45) is 0 Å². The van der Waals surface area contributed by atoms with Gasteiger partial charge in [-0.25, -0.2) is 9.50 Å². The van der Waals surface area contributed by atoms with Crippen LogP contribution in [0.25, 0.3) is 16.1 Å². The van der Waals surface area contributed by atoms with Crippen molar-refractivity contribution in [3.8, 4) is 10.6 Å². The molecule has 3 aromatic heterocycles. The summed E-state index contributed by atoms with van der Waals surface area (Å²) in [5.41, 5.74) is 4.68. The largest absolute Gasteiger partial charge is 0.246 e. The zero-order valence-corrected chi connectivity index (χ0v) is 14.3. The molecule has 0 unspecified atom stereocenters. The van der Waals surface area contributed by atoms with Gasteiger partial charge < -0.3 is 0 Å². The van der Waals surface area contributed by atoms with E-state index in [-0.39, 0.29) is 0 Å². The quantitative estimate of drug-likeness (QED) is 0.488. The molecule has 0 aliphatic rings. The molecule has 5 heteroatoms. The Labute approximate surface area is 143 Å². The van der Waals surface area contributed by atoms with Gasteiger partial charge in [-0.3, -0.25) is 0 Å². The monoisotopic (exact) mass is 337 g/mol.